The van der Waals surface area contributed by atoms with Crippen molar-refractivity contribution in [3.63, 3.8) is 0 Å². The molecule has 84 valence electrons. The van der Waals surface area contributed by atoms with Crippen molar-refractivity contribution in [1.29, 1.82) is 0 Å². The topological polar surface area (TPSA) is 38.9 Å². The Hall–Kier alpha value is -0.410. The SMILES string of the molecule is CC(C)C(C)SCc1nc(N)ccc1Cl. The summed E-state index contributed by atoms with van der Waals surface area (Å²) in [6.07, 6.45) is 0. The van der Waals surface area contributed by atoms with Gasteiger partial charge >= 0.3 is 0 Å². The fourth-order valence-corrected chi connectivity index (χ4v) is 2.28. The van der Waals surface area contributed by atoms with Crippen LogP contribution < -0.4 is 5.73 Å². The van der Waals surface area contributed by atoms with Gasteiger partial charge in [0, 0.05) is 11.0 Å². The highest BCUT2D eigenvalue weighted by Gasteiger charge is 2.10. The van der Waals surface area contributed by atoms with Gasteiger partial charge in [-0.2, -0.15) is 11.8 Å². The highest BCUT2D eigenvalue weighted by atomic mass is 35.5. The Kier molecular flexibility index (Phi) is 4.74. The summed E-state index contributed by atoms with van der Waals surface area (Å²) in [7, 11) is 0. The van der Waals surface area contributed by atoms with Gasteiger partial charge in [-0.3, -0.25) is 0 Å². The van der Waals surface area contributed by atoms with Crippen LogP contribution in [0.25, 0.3) is 0 Å². The third kappa shape index (κ3) is 3.92. The molecule has 0 amide bonds. The largest absolute Gasteiger partial charge is 0.384 e. The van der Waals surface area contributed by atoms with Crippen LogP contribution in [0.4, 0.5) is 5.82 Å². The molecule has 15 heavy (non-hydrogen) atoms. The molecular formula is C11H17ClN2S. The zero-order chi connectivity index (χ0) is 11.4. The van der Waals surface area contributed by atoms with Crippen molar-refractivity contribution in [3.8, 4) is 0 Å². The summed E-state index contributed by atoms with van der Waals surface area (Å²) in [5.41, 5.74) is 6.50. The van der Waals surface area contributed by atoms with Crippen LogP contribution in [0.3, 0.4) is 0 Å². The Balaban J connectivity index is 2.61. The van der Waals surface area contributed by atoms with Gasteiger partial charge in [0.05, 0.1) is 10.7 Å². The summed E-state index contributed by atoms with van der Waals surface area (Å²) in [6.45, 7) is 6.65. The van der Waals surface area contributed by atoms with E-state index in [1.165, 1.54) is 0 Å². The molecule has 2 N–H and O–H groups in total. The first-order valence-electron chi connectivity index (χ1n) is 5.03. The van der Waals surface area contributed by atoms with E-state index in [0.29, 0.717) is 22.0 Å². The third-order valence-electron chi connectivity index (χ3n) is 2.36. The number of nitrogens with zero attached hydrogens (tertiary/aromatic N) is 1. The van der Waals surface area contributed by atoms with Crippen molar-refractivity contribution in [3.05, 3.63) is 22.8 Å². The first-order valence-corrected chi connectivity index (χ1v) is 6.46. The van der Waals surface area contributed by atoms with Gasteiger partial charge in [-0.05, 0) is 18.1 Å². The number of anilines is 1. The maximum atomic E-state index is 6.03. The summed E-state index contributed by atoms with van der Waals surface area (Å²) in [5, 5.41) is 1.30. The number of thioether (sulfide) groups is 1. The van der Waals surface area contributed by atoms with E-state index in [1.807, 2.05) is 11.8 Å². The molecule has 1 atom stereocenters. The summed E-state index contributed by atoms with van der Waals surface area (Å²) in [5.74, 6) is 2.02. The number of halogens is 1. The van der Waals surface area contributed by atoms with E-state index in [2.05, 4.69) is 25.8 Å². The Bertz CT molecular complexity index is 328. The molecule has 1 rings (SSSR count). The van der Waals surface area contributed by atoms with Crippen molar-refractivity contribution >= 4 is 29.2 Å². The lowest BCUT2D eigenvalue weighted by Gasteiger charge is -2.14. The maximum Gasteiger partial charge on any atom is 0.123 e. The Morgan fingerprint density at radius 1 is 1.40 bits per heavy atom. The molecule has 0 spiro atoms. The molecule has 0 fully saturated rings. The fraction of sp³-hybridized carbons (Fsp3) is 0.545. The Labute approximate surface area is 101 Å². The van der Waals surface area contributed by atoms with Crippen molar-refractivity contribution < 1.29 is 0 Å². The van der Waals surface area contributed by atoms with Gasteiger partial charge in [0.1, 0.15) is 5.82 Å². The standard InChI is InChI=1S/C11H17ClN2S/c1-7(2)8(3)15-6-10-9(12)4-5-11(13)14-10/h4-5,7-8H,6H2,1-3H3,(H2,13,14). The first kappa shape index (κ1) is 12.7. The van der Waals surface area contributed by atoms with Crippen LogP contribution in [0.5, 0.6) is 0 Å². The number of nitrogens with two attached hydrogens (primary N) is 1. The first-order chi connectivity index (χ1) is 7.00. The number of hydrogen-bond donors (Lipinski definition) is 1. The molecule has 0 aliphatic rings. The summed E-state index contributed by atoms with van der Waals surface area (Å²) in [6, 6.07) is 3.53. The average molecular weight is 245 g/mol. The van der Waals surface area contributed by atoms with Crippen LogP contribution in [0, 0.1) is 5.92 Å². The normalized spacial score (nSPS) is 13.1. The second kappa shape index (κ2) is 5.61. The van der Waals surface area contributed by atoms with Crippen molar-refractivity contribution in [2.24, 2.45) is 5.92 Å². The fourth-order valence-electron chi connectivity index (χ4n) is 1.01. The minimum absolute atomic E-state index is 0.534. The Morgan fingerprint density at radius 3 is 2.67 bits per heavy atom. The number of hydrogen-bond acceptors (Lipinski definition) is 3. The molecule has 0 aliphatic carbocycles. The molecule has 0 aromatic carbocycles. The molecule has 1 aromatic heterocycles. The molecule has 0 saturated carbocycles. The van der Waals surface area contributed by atoms with Gasteiger partial charge < -0.3 is 5.73 Å². The van der Waals surface area contributed by atoms with E-state index in [1.54, 1.807) is 12.1 Å². The molecule has 1 aromatic rings. The molecule has 0 bridgehead atoms. The predicted molar refractivity (Wildman–Crippen MR) is 69.3 cm³/mol. The maximum absolute atomic E-state index is 6.03. The van der Waals surface area contributed by atoms with E-state index in [9.17, 15) is 0 Å². The van der Waals surface area contributed by atoms with Gasteiger partial charge in [0.25, 0.3) is 0 Å². The Morgan fingerprint density at radius 2 is 2.07 bits per heavy atom. The highest BCUT2D eigenvalue weighted by Crippen LogP contribution is 2.26. The van der Waals surface area contributed by atoms with E-state index in [0.717, 1.165) is 11.4 Å². The van der Waals surface area contributed by atoms with Crippen LogP contribution in [-0.4, -0.2) is 10.2 Å². The minimum Gasteiger partial charge on any atom is -0.384 e. The molecular weight excluding hydrogens is 228 g/mol. The molecule has 2 nitrogen and oxygen atoms in total. The van der Waals surface area contributed by atoms with E-state index >= 15 is 0 Å². The lowest BCUT2D eigenvalue weighted by Crippen LogP contribution is -2.06. The third-order valence-corrected chi connectivity index (χ3v) is 4.22. The summed E-state index contributed by atoms with van der Waals surface area (Å²) < 4.78 is 0. The van der Waals surface area contributed by atoms with Gasteiger partial charge in [-0.25, -0.2) is 4.98 Å². The lowest BCUT2D eigenvalue weighted by atomic mass is 10.2. The van der Waals surface area contributed by atoms with Crippen LogP contribution in [0.15, 0.2) is 12.1 Å². The molecule has 1 heterocycles. The summed E-state index contributed by atoms with van der Waals surface area (Å²) in [4.78, 5) is 4.23. The molecule has 4 heteroatoms. The quantitative estimate of drug-likeness (QED) is 0.880. The number of rotatable bonds is 4. The van der Waals surface area contributed by atoms with Crippen molar-refractivity contribution in [2.45, 2.75) is 31.8 Å². The van der Waals surface area contributed by atoms with Crippen LogP contribution in [0.2, 0.25) is 5.02 Å². The predicted octanol–water partition coefficient (Wildman–Crippen LogP) is 3.59. The van der Waals surface area contributed by atoms with Crippen LogP contribution in [-0.2, 0) is 5.75 Å². The lowest BCUT2D eigenvalue weighted by molar-refractivity contribution is 0.642. The van der Waals surface area contributed by atoms with Gasteiger partial charge in [-0.1, -0.05) is 32.4 Å². The van der Waals surface area contributed by atoms with Crippen LogP contribution in [0.1, 0.15) is 26.5 Å². The second-order valence-corrected chi connectivity index (χ2v) is 5.70. The zero-order valence-corrected chi connectivity index (χ0v) is 10.9. The number of aromatic nitrogens is 1. The highest BCUT2D eigenvalue weighted by molar-refractivity contribution is 7.99. The van der Waals surface area contributed by atoms with Crippen molar-refractivity contribution in [1.82, 2.24) is 4.98 Å². The minimum atomic E-state index is 0.534. The van der Waals surface area contributed by atoms with Gasteiger partial charge in [0.15, 0.2) is 0 Å². The molecule has 0 saturated heterocycles. The van der Waals surface area contributed by atoms with E-state index < -0.39 is 0 Å². The van der Waals surface area contributed by atoms with E-state index in [4.69, 9.17) is 17.3 Å². The molecule has 0 radical (unpaired) electrons. The van der Waals surface area contributed by atoms with Crippen molar-refractivity contribution in [2.75, 3.05) is 5.73 Å². The van der Waals surface area contributed by atoms with Gasteiger partial charge in [-0.15, -0.1) is 0 Å². The van der Waals surface area contributed by atoms with Gasteiger partial charge in [0.2, 0.25) is 0 Å². The number of pyridine rings is 1. The molecule has 1 unspecified atom stereocenters. The zero-order valence-electron chi connectivity index (χ0n) is 9.33. The monoisotopic (exact) mass is 244 g/mol. The average Bonchev–Trinajstić information content (AvgIpc) is 2.18. The number of nitrogen functional groups attached to an aromatic ring is 1. The van der Waals surface area contributed by atoms with Crippen LogP contribution >= 0.6 is 23.4 Å². The summed E-state index contributed by atoms with van der Waals surface area (Å²) >= 11 is 7.89. The smallest absolute Gasteiger partial charge is 0.123 e. The van der Waals surface area contributed by atoms with E-state index in [-0.39, 0.29) is 0 Å². The second-order valence-electron chi connectivity index (χ2n) is 3.92. The molecule has 0 aliphatic heterocycles.